The lowest BCUT2D eigenvalue weighted by atomic mass is 9.89. The highest BCUT2D eigenvalue weighted by molar-refractivity contribution is 6.19. The van der Waals surface area contributed by atoms with Gasteiger partial charge in [-0.2, -0.15) is 0 Å². The SMILES string of the molecule is c1ccc(-c2cccc(-c3nc(-c4ccccc4)nc(-c4cccc(-c5c6ccccc6c(-n6c(-c7ccccn7)nc7ccccc76)c6ccccc56)c4)n3)c2)cc1. The van der Waals surface area contributed by atoms with Gasteiger partial charge in [0, 0.05) is 33.7 Å². The highest BCUT2D eigenvalue weighted by atomic mass is 15.1. The number of hydrogen-bond acceptors (Lipinski definition) is 5. The summed E-state index contributed by atoms with van der Waals surface area (Å²) >= 11 is 0. The van der Waals surface area contributed by atoms with E-state index in [2.05, 4.69) is 144 Å². The molecule has 11 aromatic rings. The van der Waals surface area contributed by atoms with E-state index in [1.165, 1.54) is 0 Å². The molecule has 6 heteroatoms. The zero-order valence-electron chi connectivity index (χ0n) is 31.8. The van der Waals surface area contributed by atoms with Crippen LogP contribution in [0.4, 0.5) is 0 Å². The summed E-state index contributed by atoms with van der Waals surface area (Å²) in [6.45, 7) is 0. The maximum Gasteiger partial charge on any atom is 0.164 e. The molecule has 0 amide bonds. The molecular formula is C53H34N6. The van der Waals surface area contributed by atoms with Crippen molar-refractivity contribution in [1.29, 1.82) is 0 Å². The molecular weight excluding hydrogens is 721 g/mol. The van der Waals surface area contributed by atoms with Crippen LogP contribution in [0.2, 0.25) is 0 Å². The lowest BCUT2D eigenvalue weighted by molar-refractivity contribution is 1.07. The summed E-state index contributed by atoms with van der Waals surface area (Å²) in [7, 11) is 0. The third-order valence-corrected chi connectivity index (χ3v) is 10.9. The van der Waals surface area contributed by atoms with E-state index in [0.29, 0.717) is 17.5 Å². The van der Waals surface area contributed by atoms with Gasteiger partial charge in [0.05, 0.1) is 16.7 Å². The zero-order chi connectivity index (χ0) is 39.1. The first-order chi connectivity index (χ1) is 29.3. The van der Waals surface area contributed by atoms with Crippen molar-refractivity contribution in [1.82, 2.24) is 29.5 Å². The van der Waals surface area contributed by atoms with Crippen LogP contribution in [0.15, 0.2) is 206 Å². The van der Waals surface area contributed by atoms with E-state index in [1.54, 1.807) is 0 Å². The molecule has 3 heterocycles. The molecule has 11 rings (SSSR count). The molecule has 0 bridgehead atoms. The summed E-state index contributed by atoms with van der Waals surface area (Å²) in [5.74, 6) is 2.65. The van der Waals surface area contributed by atoms with Gasteiger partial charge in [0.15, 0.2) is 23.3 Å². The van der Waals surface area contributed by atoms with Gasteiger partial charge < -0.3 is 0 Å². The van der Waals surface area contributed by atoms with Gasteiger partial charge in [-0.1, -0.05) is 164 Å². The Kier molecular flexibility index (Phi) is 8.37. The first-order valence-electron chi connectivity index (χ1n) is 19.7. The second-order valence-corrected chi connectivity index (χ2v) is 14.5. The average Bonchev–Trinajstić information content (AvgIpc) is 3.71. The van der Waals surface area contributed by atoms with Crippen molar-refractivity contribution in [3.05, 3.63) is 206 Å². The normalized spacial score (nSPS) is 11.4. The quantitative estimate of drug-likeness (QED) is 0.152. The van der Waals surface area contributed by atoms with Gasteiger partial charge in [-0.25, -0.2) is 19.9 Å². The Labute approximate surface area is 340 Å². The molecule has 59 heavy (non-hydrogen) atoms. The number of nitrogens with zero attached hydrogens (tertiary/aromatic N) is 6. The van der Waals surface area contributed by atoms with Gasteiger partial charge >= 0.3 is 0 Å². The second kappa shape index (κ2) is 14.4. The van der Waals surface area contributed by atoms with Gasteiger partial charge in [-0.05, 0) is 69.4 Å². The molecule has 0 aliphatic carbocycles. The maximum absolute atomic E-state index is 5.17. The fraction of sp³-hybridized carbons (Fsp3) is 0. The first-order valence-corrected chi connectivity index (χ1v) is 19.7. The summed E-state index contributed by atoms with van der Waals surface area (Å²) in [4.78, 5) is 25.3. The highest BCUT2D eigenvalue weighted by Gasteiger charge is 2.22. The minimum absolute atomic E-state index is 0.607. The maximum atomic E-state index is 5.17. The van der Waals surface area contributed by atoms with E-state index < -0.39 is 0 Å². The Morgan fingerprint density at radius 2 is 0.831 bits per heavy atom. The van der Waals surface area contributed by atoms with E-state index >= 15 is 0 Å². The summed E-state index contributed by atoms with van der Waals surface area (Å²) < 4.78 is 2.28. The number of imidazole rings is 1. The number of aromatic nitrogens is 6. The monoisotopic (exact) mass is 754 g/mol. The first kappa shape index (κ1) is 34.2. The van der Waals surface area contributed by atoms with Crippen LogP contribution in [0.5, 0.6) is 0 Å². The Hall–Kier alpha value is -8.09. The average molecular weight is 755 g/mol. The summed E-state index contributed by atoms with van der Waals surface area (Å²) in [5, 5.41) is 4.47. The lowest BCUT2D eigenvalue weighted by Crippen LogP contribution is -2.02. The smallest absolute Gasteiger partial charge is 0.164 e. The van der Waals surface area contributed by atoms with Crippen LogP contribution in [-0.4, -0.2) is 29.5 Å². The summed E-state index contributed by atoms with van der Waals surface area (Å²) in [6.07, 6.45) is 1.82. The molecule has 0 saturated heterocycles. The minimum Gasteiger partial charge on any atom is -0.290 e. The van der Waals surface area contributed by atoms with Crippen LogP contribution >= 0.6 is 0 Å². The van der Waals surface area contributed by atoms with E-state index in [0.717, 1.165) is 88.7 Å². The van der Waals surface area contributed by atoms with Crippen LogP contribution in [0.3, 0.4) is 0 Å². The van der Waals surface area contributed by atoms with Crippen molar-refractivity contribution in [3.63, 3.8) is 0 Å². The molecule has 0 aliphatic rings. The Bertz CT molecular complexity index is 3270. The molecule has 0 saturated carbocycles. The van der Waals surface area contributed by atoms with E-state index in [9.17, 15) is 0 Å². The van der Waals surface area contributed by atoms with E-state index in [-0.39, 0.29) is 0 Å². The molecule has 8 aromatic carbocycles. The van der Waals surface area contributed by atoms with Gasteiger partial charge in [-0.15, -0.1) is 0 Å². The van der Waals surface area contributed by atoms with Crippen molar-refractivity contribution in [3.8, 4) is 73.6 Å². The molecule has 0 radical (unpaired) electrons. The third kappa shape index (κ3) is 6.11. The fourth-order valence-corrected chi connectivity index (χ4v) is 8.21. The Balaban J connectivity index is 1.12. The highest BCUT2D eigenvalue weighted by Crippen LogP contribution is 2.44. The number of fused-ring (bicyclic) bond motifs is 3. The molecule has 0 spiro atoms. The zero-order valence-corrected chi connectivity index (χ0v) is 31.8. The third-order valence-electron chi connectivity index (χ3n) is 10.9. The Morgan fingerprint density at radius 1 is 0.339 bits per heavy atom. The standard InChI is InChI=1S/C53H34N6/c1-3-17-35(18-4-1)37-21-15-23-39(33-37)51-56-50(36-19-5-2-6-20-36)57-52(58-51)40-24-16-22-38(34-40)48-41-25-7-9-27-43(41)49(44-28-10-8-26-42(44)48)59-47-31-12-11-29-45(47)55-53(59)46-30-13-14-32-54-46/h1-34H. The molecule has 0 atom stereocenters. The predicted molar refractivity (Wildman–Crippen MR) is 240 cm³/mol. The topological polar surface area (TPSA) is 69.4 Å². The lowest BCUT2D eigenvalue weighted by Gasteiger charge is -2.20. The predicted octanol–water partition coefficient (Wildman–Crippen LogP) is 12.9. The summed E-state index contributed by atoms with van der Waals surface area (Å²) in [6, 6.07) is 69.2. The van der Waals surface area contributed by atoms with Crippen LogP contribution in [-0.2, 0) is 0 Å². The van der Waals surface area contributed by atoms with Crippen molar-refractivity contribution >= 4 is 32.6 Å². The second-order valence-electron chi connectivity index (χ2n) is 14.5. The molecule has 6 nitrogen and oxygen atoms in total. The fourth-order valence-electron chi connectivity index (χ4n) is 8.21. The number of hydrogen-bond donors (Lipinski definition) is 0. The molecule has 3 aromatic heterocycles. The van der Waals surface area contributed by atoms with E-state index in [1.807, 2.05) is 66.9 Å². The number of pyridine rings is 1. The van der Waals surface area contributed by atoms with Gasteiger partial charge in [0.1, 0.15) is 5.69 Å². The van der Waals surface area contributed by atoms with Crippen molar-refractivity contribution in [2.45, 2.75) is 0 Å². The molecule has 276 valence electrons. The van der Waals surface area contributed by atoms with Crippen LogP contribution < -0.4 is 0 Å². The minimum atomic E-state index is 0.607. The van der Waals surface area contributed by atoms with Gasteiger partial charge in [0.25, 0.3) is 0 Å². The summed E-state index contributed by atoms with van der Waals surface area (Å²) in [5.41, 5.74) is 11.0. The largest absolute Gasteiger partial charge is 0.290 e. The number of rotatable bonds is 7. The van der Waals surface area contributed by atoms with Crippen molar-refractivity contribution < 1.29 is 0 Å². The van der Waals surface area contributed by atoms with Crippen LogP contribution in [0, 0.1) is 0 Å². The molecule has 0 N–H and O–H groups in total. The molecule has 0 aliphatic heterocycles. The number of para-hydroxylation sites is 2. The molecule has 0 fully saturated rings. The van der Waals surface area contributed by atoms with Crippen molar-refractivity contribution in [2.75, 3.05) is 0 Å². The number of benzene rings is 8. The van der Waals surface area contributed by atoms with Crippen LogP contribution in [0.25, 0.3) is 106 Å². The molecule has 0 unspecified atom stereocenters. The van der Waals surface area contributed by atoms with Crippen LogP contribution in [0.1, 0.15) is 0 Å². The van der Waals surface area contributed by atoms with Gasteiger partial charge in [0.2, 0.25) is 0 Å². The Morgan fingerprint density at radius 3 is 1.47 bits per heavy atom. The van der Waals surface area contributed by atoms with E-state index in [4.69, 9.17) is 24.9 Å². The van der Waals surface area contributed by atoms with Crippen molar-refractivity contribution in [2.24, 2.45) is 0 Å². The van der Waals surface area contributed by atoms with Gasteiger partial charge in [-0.3, -0.25) is 9.55 Å².